The van der Waals surface area contributed by atoms with Crippen LogP contribution in [0.2, 0.25) is 0 Å². The Labute approximate surface area is 108 Å². The van der Waals surface area contributed by atoms with Gasteiger partial charge in [0.1, 0.15) is 6.54 Å². The Morgan fingerprint density at radius 3 is 2.61 bits per heavy atom. The van der Waals surface area contributed by atoms with Crippen molar-refractivity contribution in [1.29, 1.82) is 0 Å². The molecule has 3 amide bonds. The number of amides is 3. The third kappa shape index (κ3) is 4.52. The predicted molar refractivity (Wildman–Crippen MR) is 68.3 cm³/mol. The van der Waals surface area contributed by atoms with E-state index in [9.17, 15) is 9.59 Å². The lowest BCUT2D eigenvalue weighted by Crippen LogP contribution is -2.48. The SMILES string of the molecule is CCCN(CC(=O)N(C)C)C(=O)NC1CCOC1. The molecule has 1 fully saturated rings. The van der Waals surface area contributed by atoms with Crippen LogP contribution in [0.5, 0.6) is 0 Å². The number of nitrogens with zero attached hydrogens (tertiary/aromatic N) is 2. The Bertz CT molecular complexity index is 288. The van der Waals surface area contributed by atoms with E-state index < -0.39 is 0 Å². The van der Waals surface area contributed by atoms with Gasteiger partial charge in [-0.05, 0) is 12.8 Å². The first-order valence-corrected chi connectivity index (χ1v) is 6.38. The smallest absolute Gasteiger partial charge is 0.318 e. The molecule has 1 N–H and O–H groups in total. The molecule has 0 aromatic heterocycles. The van der Waals surface area contributed by atoms with E-state index >= 15 is 0 Å². The molecule has 1 saturated heterocycles. The van der Waals surface area contributed by atoms with Crippen molar-refractivity contribution >= 4 is 11.9 Å². The average Bonchev–Trinajstić information content (AvgIpc) is 2.80. The van der Waals surface area contributed by atoms with Crippen molar-refractivity contribution in [3.8, 4) is 0 Å². The monoisotopic (exact) mass is 257 g/mol. The summed E-state index contributed by atoms with van der Waals surface area (Å²) in [7, 11) is 3.38. The molecule has 18 heavy (non-hydrogen) atoms. The third-order valence-corrected chi connectivity index (χ3v) is 2.86. The number of hydrogen-bond donors (Lipinski definition) is 1. The fourth-order valence-corrected chi connectivity index (χ4v) is 1.74. The summed E-state index contributed by atoms with van der Waals surface area (Å²) >= 11 is 0. The number of urea groups is 1. The maximum absolute atomic E-state index is 12.0. The summed E-state index contributed by atoms with van der Waals surface area (Å²) < 4.78 is 5.21. The summed E-state index contributed by atoms with van der Waals surface area (Å²) in [6.07, 6.45) is 1.67. The van der Waals surface area contributed by atoms with Gasteiger partial charge in [-0.25, -0.2) is 4.79 Å². The molecule has 1 rings (SSSR count). The Hall–Kier alpha value is -1.30. The van der Waals surface area contributed by atoms with Gasteiger partial charge in [0.15, 0.2) is 0 Å². The van der Waals surface area contributed by atoms with Crippen LogP contribution in [0.4, 0.5) is 4.79 Å². The van der Waals surface area contributed by atoms with E-state index in [1.54, 1.807) is 19.0 Å². The zero-order chi connectivity index (χ0) is 13.5. The Morgan fingerprint density at radius 1 is 1.39 bits per heavy atom. The summed E-state index contributed by atoms with van der Waals surface area (Å²) in [6, 6.07) is -0.103. The zero-order valence-corrected chi connectivity index (χ0v) is 11.4. The molecule has 104 valence electrons. The van der Waals surface area contributed by atoms with E-state index in [4.69, 9.17) is 4.74 Å². The van der Waals surface area contributed by atoms with Gasteiger partial charge in [-0.1, -0.05) is 6.92 Å². The second-order valence-electron chi connectivity index (χ2n) is 4.72. The van der Waals surface area contributed by atoms with Gasteiger partial charge in [0.05, 0.1) is 12.6 Å². The highest BCUT2D eigenvalue weighted by molar-refractivity contribution is 5.83. The molecule has 0 aromatic carbocycles. The molecule has 0 radical (unpaired) electrons. The van der Waals surface area contributed by atoms with Crippen molar-refractivity contribution in [2.45, 2.75) is 25.8 Å². The quantitative estimate of drug-likeness (QED) is 0.770. The minimum absolute atomic E-state index is 0.0683. The van der Waals surface area contributed by atoms with Crippen molar-refractivity contribution in [1.82, 2.24) is 15.1 Å². The summed E-state index contributed by atoms with van der Waals surface area (Å²) in [5, 5.41) is 2.90. The van der Waals surface area contributed by atoms with Crippen LogP contribution in [-0.2, 0) is 9.53 Å². The number of ether oxygens (including phenoxy) is 1. The van der Waals surface area contributed by atoms with Gasteiger partial charge < -0.3 is 19.9 Å². The lowest BCUT2D eigenvalue weighted by atomic mass is 10.3. The molecule has 1 aliphatic rings. The molecular weight excluding hydrogens is 234 g/mol. The lowest BCUT2D eigenvalue weighted by molar-refractivity contribution is -0.129. The zero-order valence-electron chi connectivity index (χ0n) is 11.4. The molecule has 0 aliphatic carbocycles. The van der Waals surface area contributed by atoms with E-state index in [1.807, 2.05) is 6.92 Å². The van der Waals surface area contributed by atoms with Crippen LogP contribution >= 0.6 is 0 Å². The van der Waals surface area contributed by atoms with Crippen LogP contribution in [0.25, 0.3) is 0 Å². The van der Waals surface area contributed by atoms with Crippen molar-refractivity contribution in [3.05, 3.63) is 0 Å². The van der Waals surface area contributed by atoms with Crippen LogP contribution in [0.3, 0.4) is 0 Å². The largest absolute Gasteiger partial charge is 0.379 e. The number of likely N-dealkylation sites (N-methyl/N-ethyl adjacent to an activating group) is 1. The minimum atomic E-state index is -0.178. The van der Waals surface area contributed by atoms with E-state index in [0.717, 1.165) is 12.8 Å². The van der Waals surface area contributed by atoms with E-state index in [1.165, 1.54) is 4.90 Å². The van der Waals surface area contributed by atoms with Crippen LogP contribution in [0.15, 0.2) is 0 Å². The van der Waals surface area contributed by atoms with Gasteiger partial charge in [0.2, 0.25) is 5.91 Å². The van der Waals surface area contributed by atoms with Gasteiger partial charge in [-0.15, -0.1) is 0 Å². The van der Waals surface area contributed by atoms with Crippen LogP contribution in [-0.4, -0.2) is 68.2 Å². The van der Waals surface area contributed by atoms with Crippen LogP contribution in [0, 0.1) is 0 Å². The fourth-order valence-electron chi connectivity index (χ4n) is 1.74. The first kappa shape index (κ1) is 14.8. The molecule has 6 nitrogen and oxygen atoms in total. The van der Waals surface area contributed by atoms with Gasteiger partial charge in [-0.3, -0.25) is 4.79 Å². The molecule has 6 heteroatoms. The number of nitrogens with one attached hydrogen (secondary N) is 1. The summed E-state index contributed by atoms with van der Waals surface area (Å²) in [6.45, 7) is 3.95. The van der Waals surface area contributed by atoms with Gasteiger partial charge in [0.25, 0.3) is 0 Å². The second-order valence-corrected chi connectivity index (χ2v) is 4.72. The normalized spacial score (nSPS) is 18.5. The van der Waals surface area contributed by atoms with Crippen molar-refractivity contribution in [2.75, 3.05) is 40.4 Å². The molecule has 0 saturated carbocycles. The van der Waals surface area contributed by atoms with Gasteiger partial charge >= 0.3 is 6.03 Å². The first-order valence-electron chi connectivity index (χ1n) is 6.38. The third-order valence-electron chi connectivity index (χ3n) is 2.86. The molecule has 1 atom stereocenters. The van der Waals surface area contributed by atoms with Crippen molar-refractivity contribution in [2.24, 2.45) is 0 Å². The Morgan fingerprint density at radius 2 is 2.11 bits per heavy atom. The molecule has 1 aliphatic heterocycles. The van der Waals surface area contributed by atoms with E-state index in [2.05, 4.69) is 5.32 Å². The average molecular weight is 257 g/mol. The standard InChI is InChI=1S/C12H23N3O3/c1-4-6-15(8-11(16)14(2)3)12(17)13-10-5-7-18-9-10/h10H,4-9H2,1-3H3,(H,13,17). The minimum Gasteiger partial charge on any atom is -0.379 e. The van der Waals surface area contributed by atoms with Crippen LogP contribution < -0.4 is 5.32 Å². The number of hydrogen-bond acceptors (Lipinski definition) is 3. The fraction of sp³-hybridized carbons (Fsp3) is 0.833. The van der Waals surface area contributed by atoms with Crippen LogP contribution in [0.1, 0.15) is 19.8 Å². The summed E-state index contributed by atoms with van der Waals surface area (Å²) in [4.78, 5) is 26.7. The predicted octanol–water partition coefficient (Wildman–Crippen LogP) is 0.285. The van der Waals surface area contributed by atoms with Gasteiger partial charge in [0, 0.05) is 27.2 Å². The first-order chi connectivity index (χ1) is 8.54. The summed E-state index contributed by atoms with van der Waals surface area (Å²) in [5.74, 6) is -0.0683. The number of rotatable bonds is 5. The van der Waals surface area contributed by atoms with E-state index in [-0.39, 0.29) is 24.5 Å². The van der Waals surface area contributed by atoms with Crippen molar-refractivity contribution in [3.63, 3.8) is 0 Å². The molecule has 1 heterocycles. The Balaban J connectivity index is 2.48. The lowest BCUT2D eigenvalue weighted by Gasteiger charge is -2.25. The second kappa shape index (κ2) is 7.20. The molecule has 0 aromatic rings. The highest BCUT2D eigenvalue weighted by Crippen LogP contribution is 2.04. The number of carbonyl (C=O) groups is 2. The van der Waals surface area contributed by atoms with E-state index in [0.29, 0.717) is 19.8 Å². The highest BCUT2D eigenvalue weighted by atomic mass is 16.5. The Kier molecular flexibility index (Phi) is 5.91. The molecular formula is C12H23N3O3. The van der Waals surface area contributed by atoms with Crippen molar-refractivity contribution < 1.29 is 14.3 Å². The molecule has 0 bridgehead atoms. The van der Waals surface area contributed by atoms with Gasteiger partial charge in [-0.2, -0.15) is 0 Å². The molecule has 1 unspecified atom stereocenters. The number of carbonyl (C=O) groups excluding carboxylic acids is 2. The topological polar surface area (TPSA) is 61.9 Å². The summed E-state index contributed by atoms with van der Waals surface area (Å²) in [5.41, 5.74) is 0. The maximum Gasteiger partial charge on any atom is 0.318 e. The maximum atomic E-state index is 12.0. The molecule has 0 spiro atoms. The highest BCUT2D eigenvalue weighted by Gasteiger charge is 2.22.